The topological polar surface area (TPSA) is 55.1 Å². The Morgan fingerprint density at radius 2 is 1.50 bits per heavy atom. The maximum Gasteiger partial charge on any atom is 0.225 e. The second-order valence-corrected chi connectivity index (χ2v) is 8.24. The molecular formula is C17H28N2O. The van der Waals surface area contributed by atoms with E-state index in [0.29, 0.717) is 0 Å². The third-order valence-corrected chi connectivity index (χ3v) is 6.58. The number of nitrogens with one attached hydrogen (secondary N) is 1. The summed E-state index contributed by atoms with van der Waals surface area (Å²) >= 11 is 0. The fourth-order valence-corrected chi connectivity index (χ4v) is 6.10. The molecule has 3 nitrogen and oxygen atoms in total. The summed E-state index contributed by atoms with van der Waals surface area (Å²) in [5.41, 5.74) is 6.34. The maximum absolute atomic E-state index is 12.7. The van der Waals surface area contributed by atoms with Crippen LogP contribution in [0.3, 0.4) is 0 Å². The molecule has 1 amide bonds. The number of hydrogen-bond donors (Lipinski definition) is 2. The van der Waals surface area contributed by atoms with Crippen LogP contribution in [-0.4, -0.2) is 17.5 Å². The molecule has 2 atom stereocenters. The van der Waals surface area contributed by atoms with Gasteiger partial charge in [0.25, 0.3) is 0 Å². The second kappa shape index (κ2) is 4.72. The standard InChI is InChI=1S/C17H28N2O/c18-15-4-2-1-3-14(15)16(20)19-17-8-11-5-12(9-17)7-13(6-11)10-17/h11-15H,1-10,18H2,(H,19,20). The molecule has 5 aliphatic carbocycles. The van der Waals surface area contributed by atoms with Crippen LogP contribution < -0.4 is 11.1 Å². The van der Waals surface area contributed by atoms with Gasteiger partial charge in [0.2, 0.25) is 5.91 Å². The summed E-state index contributed by atoms with van der Waals surface area (Å²) in [4.78, 5) is 12.7. The number of hydrogen-bond acceptors (Lipinski definition) is 2. The van der Waals surface area contributed by atoms with Crippen molar-refractivity contribution in [1.29, 1.82) is 0 Å². The summed E-state index contributed by atoms with van der Waals surface area (Å²) in [6, 6.07) is 0.0951. The van der Waals surface area contributed by atoms with Gasteiger partial charge in [0.1, 0.15) is 0 Å². The van der Waals surface area contributed by atoms with Crippen LogP contribution in [0.4, 0.5) is 0 Å². The molecule has 4 bridgehead atoms. The third kappa shape index (κ3) is 2.18. The van der Waals surface area contributed by atoms with Crippen molar-refractivity contribution in [1.82, 2.24) is 5.32 Å². The van der Waals surface area contributed by atoms with Crippen molar-refractivity contribution in [3.63, 3.8) is 0 Å². The molecule has 0 aromatic rings. The molecule has 0 saturated heterocycles. The molecule has 0 aliphatic heterocycles. The van der Waals surface area contributed by atoms with Gasteiger partial charge in [-0.1, -0.05) is 12.8 Å². The normalized spacial score (nSPS) is 50.1. The van der Waals surface area contributed by atoms with Crippen molar-refractivity contribution in [3.05, 3.63) is 0 Å². The van der Waals surface area contributed by atoms with E-state index in [0.717, 1.165) is 30.6 Å². The van der Waals surface area contributed by atoms with Crippen molar-refractivity contribution in [2.24, 2.45) is 29.4 Å². The van der Waals surface area contributed by atoms with Crippen LogP contribution in [-0.2, 0) is 4.79 Å². The number of carbonyl (C=O) groups is 1. The average Bonchev–Trinajstić information content (AvgIpc) is 2.36. The van der Waals surface area contributed by atoms with Crippen LogP contribution >= 0.6 is 0 Å². The van der Waals surface area contributed by atoms with Crippen LogP contribution in [0, 0.1) is 23.7 Å². The van der Waals surface area contributed by atoms with E-state index >= 15 is 0 Å². The Kier molecular flexibility index (Phi) is 3.10. The smallest absolute Gasteiger partial charge is 0.225 e. The van der Waals surface area contributed by atoms with Crippen molar-refractivity contribution >= 4 is 5.91 Å². The second-order valence-electron chi connectivity index (χ2n) is 8.24. The first-order valence-corrected chi connectivity index (χ1v) is 8.71. The third-order valence-electron chi connectivity index (χ3n) is 6.58. The Bertz CT molecular complexity index is 371. The highest BCUT2D eigenvalue weighted by molar-refractivity contribution is 5.80. The van der Waals surface area contributed by atoms with Crippen LogP contribution in [0.2, 0.25) is 0 Å². The summed E-state index contributed by atoms with van der Waals surface area (Å²) in [5.74, 6) is 3.03. The molecule has 5 fully saturated rings. The van der Waals surface area contributed by atoms with Crippen molar-refractivity contribution in [2.75, 3.05) is 0 Å². The van der Waals surface area contributed by atoms with Gasteiger partial charge in [0.15, 0.2) is 0 Å². The van der Waals surface area contributed by atoms with E-state index < -0.39 is 0 Å². The minimum Gasteiger partial charge on any atom is -0.350 e. The molecule has 3 heteroatoms. The number of amides is 1. The van der Waals surface area contributed by atoms with Crippen LogP contribution in [0.15, 0.2) is 0 Å². The van der Waals surface area contributed by atoms with E-state index in [1.807, 2.05) is 0 Å². The zero-order valence-corrected chi connectivity index (χ0v) is 12.4. The zero-order valence-electron chi connectivity index (χ0n) is 12.4. The fourth-order valence-electron chi connectivity index (χ4n) is 6.10. The summed E-state index contributed by atoms with van der Waals surface area (Å²) in [5, 5.41) is 3.51. The lowest BCUT2D eigenvalue weighted by Gasteiger charge is -2.57. The predicted molar refractivity (Wildman–Crippen MR) is 79.0 cm³/mol. The van der Waals surface area contributed by atoms with Crippen LogP contribution in [0.25, 0.3) is 0 Å². The molecule has 3 N–H and O–H groups in total. The lowest BCUT2D eigenvalue weighted by Crippen LogP contribution is -2.61. The molecule has 5 saturated carbocycles. The van der Waals surface area contributed by atoms with Gasteiger partial charge in [0, 0.05) is 11.6 Å². The van der Waals surface area contributed by atoms with Crippen molar-refractivity contribution in [3.8, 4) is 0 Å². The first kappa shape index (κ1) is 13.1. The molecule has 2 unspecified atom stereocenters. The van der Waals surface area contributed by atoms with Crippen LogP contribution in [0.1, 0.15) is 64.2 Å². The minimum atomic E-state index is 0.0803. The molecule has 0 radical (unpaired) electrons. The predicted octanol–water partition coefficient (Wildman–Crippen LogP) is 2.59. The SMILES string of the molecule is NC1CCCCC1C(=O)NC12CC3CC(CC(C3)C1)C2. The number of rotatable bonds is 2. The van der Waals surface area contributed by atoms with Crippen LogP contribution in [0.5, 0.6) is 0 Å². The number of nitrogens with two attached hydrogens (primary N) is 1. The maximum atomic E-state index is 12.7. The molecule has 112 valence electrons. The van der Waals surface area contributed by atoms with Gasteiger partial charge in [-0.3, -0.25) is 4.79 Å². The van der Waals surface area contributed by atoms with Gasteiger partial charge in [-0.25, -0.2) is 0 Å². The van der Waals surface area contributed by atoms with Gasteiger partial charge >= 0.3 is 0 Å². The van der Waals surface area contributed by atoms with E-state index in [2.05, 4.69) is 5.32 Å². The summed E-state index contributed by atoms with van der Waals surface area (Å²) in [6.45, 7) is 0. The van der Waals surface area contributed by atoms with Gasteiger partial charge in [-0.2, -0.15) is 0 Å². The quantitative estimate of drug-likeness (QED) is 0.814. The highest BCUT2D eigenvalue weighted by atomic mass is 16.2. The molecule has 0 heterocycles. The van der Waals surface area contributed by atoms with E-state index in [4.69, 9.17) is 5.73 Å². The van der Waals surface area contributed by atoms with Gasteiger partial charge in [-0.15, -0.1) is 0 Å². The molecular weight excluding hydrogens is 248 g/mol. The average molecular weight is 276 g/mol. The Labute approximate surface area is 122 Å². The van der Waals surface area contributed by atoms with Gasteiger partial charge in [0.05, 0.1) is 5.92 Å². The molecule has 0 aromatic carbocycles. The highest BCUT2D eigenvalue weighted by Gasteiger charge is 2.52. The minimum absolute atomic E-state index is 0.0803. The molecule has 0 aromatic heterocycles. The summed E-state index contributed by atoms with van der Waals surface area (Å²) in [6.07, 6.45) is 12.4. The first-order valence-electron chi connectivity index (χ1n) is 8.71. The Morgan fingerprint density at radius 1 is 0.950 bits per heavy atom. The van der Waals surface area contributed by atoms with E-state index in [1.54, 1.807) is 0 Å². The van der Waals surface area contributed by atoms with E-state index in [1.165, 1.54) is 51.4 Å². The van der Waals surface area contributed by atoms with Crippen molar-refractivity contribution in [2.45, 2.75) is 75.8 Å². The first-order chi connectivity index (χ1) is 9.63. The fraction of sp³-hybridized carbons (Fsp3) is 0.941. The molecule has 5 aliphatic rings. The lowest BCUT2D eigenvalue weighted by atomic mass is 9.53. The molecule has 5 rings (SSSR count). The summed E-state index contributed by atoms with van der Waals surface area (Å²) in [7, 11) is 0. The number of carbonyl (C=O) groups excluding carboxylic acids is 1. The molecule has 20 heavy (non-hydrogen) atoms. The van der Waals surface area contributed by atoms with Gasteiger partial charge < -0.3 is 11.1 Å². The monoisotopic (exact) mass is 276 g/mol. The van der Waals surface area contributed by atoms with E-state index in [-0.39, 0.29) is 23.4 Å². The summed E-state index contributed by atoms with van der Waals surface area (Å²) < 4.78 is 0. The Morgan fingerprint density at radius 3 is 2.05 bits per heavy atom. The van der Waals surface area contributed by atoms with Gasteiger partial charge in [-0.05, 0) is 69.1 Å². The molecule has 0 spiro atoms. The van der Waals surface area contributed by atoms with E-state index in [9.17, 15) is 4.79 Å². The Balaban J connectivity index is 1.47. The lowest BCUT2D eigenvalue weighted by molar-refractivity contribution is -0.132. The highest BCUT2D eigenvalue weighted by Crippen LogP contribution is 2.55. The largest absolute Gasteiger partial charge is 0.350 e. The Hall–Kier alpha value is -0.570. The zero-order chi connectivity index (χ0) is 13.7. The van der Waals surface area contributed by atoms with Crippen molar-refractivity contribution < 1.29 is 4.79 Å².